The summed E-state index contributed by atoms with van der Waals surface area (Å²) < 4.78 is 9.90. The van der Waals surface area contributed by atoms with E-state index in [4.69, 9.17) is 27.4 Å². The van der Waals surface area contributed by atoms with E-state index in [0.29, 0.717) is 24.9 Å². The lowest BCUT2D eigenvalue weighted by Gasteiger charge is -2.15. The van der Waals surface area contributed by atoms with Crippen LogP contribution in [0.3, 0.4) is 0 Å². The maximum atomic E-state index is 10.3. The second-order valence-corrected chi connectivity index (χ2v) is 3.68. The minimum absolute atomic E-state index is 0.0675. The molecule has 6 nitrogen and oxygen atoms in total. The number of hydrogen-bond donors (Lipinski definition) is 3. The molecule has 0 saturated carbocycles. The normalized spacial score (nSPS) is 11.9. The van der Waals surface area contributed by atoms with E-state index in [1.807, 2.05) is 6.92 Å². The van der Waals surface area contributed by atoms with Gasteiger partial charge >= 0.3 is 0 Å². The van der Waals surface area contributed by atoms with Gasteiger partial charge in [-0.05, 0) is 19.1 Å². The summed E-state index contributed by atoms with van der Waals surface area (Å²) in [5.41, 5.74) is 4.90. The van der Waals surface area contributed by atoms with Gasteiger partial charge < -0.3 is 25.8 Å². The smallest absolute Gasteiger partial charge is 0.243 e. The average Bonchev–Trinajstić information content (AvgIpc) is 2.16. The van der Waals surface area contributed by atoms with E-state index in [9.17, 15) is 4.79 Å². The summed E-state index contributed by atoms with van der Waals surface area (Å²) in [5.74, 6) is -0.477. The molecule has 0 fully saturated rings. The Hall–Kier alpha value is -0.920. The summed E-state index contributed by atoms with van der Waals surface area (Å²) in [6.07, 6.45) is 0. The predicted octanol–water partition coefficient (Wildman–Crippen LogP) is -1.01. The van der Waals surface area contributed by atoms with Crippen LogP contribution >= 0.6 is 12.2 Å². The van der Waals surface area contributed by atoms with E-state index in [0.717, 1.165) is 0 Å². The molecule has 0 radical (unpaired) electrons. The second kappa shape index (κ2) is 9.32. The van der Waals surface area contributed by atoms with Crippen LogP contribution in [0.25, 0.3) is 0 Å². The van der Waals surface area contributed by atoms with Crippen molar-refractivity contribution in [2.75, 3.05) is 33.5 Å². The molecule has 0 aliphatic heterocycles. The molecule has 4 N–H and O–H groups in total. The Bertz CT molecular complexity index is 226. The Morgan fingerprint density at radius 1 is 1.56 bits per heavy atom. The number of hydrogen-bond acceptors (Lipinski definition) is 4. The van der Waals surface area contributed by atoms with Gasteiger partial charge in [0.15, 0.2) is 5.11 Å². The van der Waals surface area contributed by atoms with Gasteiger partial charge in [-0.15, -0.1) is 0 Å². The fraction of sp³-hybridized carbons (Fsp3) is 0.778. The number of primary amides is 1. The summed E-state index contributed by atoms with van der Waals surface area (Å²) in [5, 5.41) is 6.50. The van der Waals surface area contributed by atoms with Gasteiger partial charge in [-0.2, -0.15) is 0 Å². The van der Waals surface area contributed by atoms with Crippen molar-refractivity contribution in [2.24, 2.45) is 5.73 Å². The molecule has 0 aromatic rings. The Labute approximate surface area is 101 Å². The number of nitrogens with one attached hydrogen (secondary N) is 2. The molecule has 7 heteroatoms. The molecule has 0 aromatic carbocycles. The van der Waals surface area contributed by atoms with Crippen LogP contribution in [0.15, 0.2) is 0 Å². The number of rotatable bonds is 8. The van der Waals surface area contributed by atoms with Gasteiger partial charge in [0.1, 0.15) is 6.61 Å². The zero-order valence-corrected chi connectivity index (χ0v) is 10.4. The van der Waals surface area contributed by atoms with E-state index < -0.39 is 5.91 Å². The third kappa shape index (κ3) is 9.63. The molecule has 0 aliphatic carbocycles. The molecule has 0 aliphatic rings. The van der Waals surface area contributed by atoms with Gasteiger partial charge in [0.2, 0.25) is 5.91 Å². The molecule has 94 valence electrons. The summed E-state index contributed by atoms with van der Waals surface area (Å²) in [6, 6.07) is 0.150. The number of carbonyl (C=O) groups is 1. The van der Waals surface area contributed by atoms with Crippen LogP contribution in [0.4, 0.5) is 0 Å². The Morgan fingerprint density at radius 3 is 2.81 bits per heavy atom. The molecule has 0 heterocycles. The molecule has 0 rings (SSSR count). The monoisotopic (exact) mass is 249 g/mol. The summed E-state index contributed by atoms with van der Waals surface area (Å²) in [7, 11) is 1.63. The SMILES string of the molecule is COCC(C)NC(=S)NCCOCC(N)=O. The molecule has 0 saturated heterocycles. The summed E-state index contributed by atoms with van der Waals surface area (Å²) >= 11 is 5.02. The standard InChI is InChI=1S/C9H19N3O3S/c1-7(5-14-2)12-9(16)11-3-4-15-6-8(10)13/h7H,3-6H2,1-2H3,(H2,10,13)(H2,11,12,16). The van der Waals surface area contributed by atoms with Crippen molar-refractivity contribution in [1.82, 2.24) is 10.6 Å². The highest BCUT2D eigenvalue weighted by Crippen LogP contribution is 1.82. The zero-order chi connectivity index (χ0) is 12.4. The number of thiocarbonyl (C=S) groups is 1. The molecule has 16 heavy (non-hydrogen) atoms. The van der Waals surface area contributed by atoms with Crippen LogP contribution in [-0.2, 0) is 14.3 Å². The van der Waals surface area contributed by atoms with Crippen molar-refractivity contribution in [1.29, 1.82) is 0 Å². The van der Waals surface area contributed by atoms with E-state index in [2.05, 4.69) is 10.6 Å². The molecule has 0 spiro atoms. The summed E-state index contributed by atoms with van der Waals surface area (Å²) in [4.78, 5) is 10.3. The topological polar surface area (TPSA) is 85.6 Å². The molecular formula is C9H19N3O3S. The number of amides is 1. The highest BCUT2D eigenvalue weighted by molar-refractivity contribution is 7.80. The van der Waals surface area contributed by atoms with Crippen molar-refractivity contribution < 1.29 is 14.3 Å². The minimum Gasteiger partial charge on any atom is -0.383 e. The van der Waals surface area contributed by atoms with Gasteiger partial charge in [-0.25, -0.2) is 0 Å². The van der Waals surface area contributed by atoms with Crippen molar-refractivity contribution in [3.05, 3.63) is 0 Å². The maximum Gasteiger partial charge on any atom is 0.243 e. The van der Waals surface area contributed by atoms with Crippen LogP contribution in [0.5, 0.6) is 0 Å². The van der Waals surface area contributed by atoms with Crippen LogP contribution < -0.4 is 16.4 Å². The van der Waals surface area contributed by atoms with Crippen molar-refractivity contribution >= 4 is 23.2 Å². The van der Waals surface area contributed by atoms with E-state index in [1.165, 1.54) is 0 Å². The van der Waals surface area contributed by atoms with E-state index in [1.54, 1.807) is 7.11 Å². The van der Waals surface area contributed by atoms with Crippen LogP contribution in [0.2, 0.25) is 0 Å². The number of carbonyl (C=O) groups excluding carboxylic acids is 1. The maximum absolute atomic E-state index is 10.3. The van der Waals surface area contributed by atoms with Crippen molar-refractivity contribution in [3.63, 3.8) is 0 Å². The highest BCUT2D eigenvalue weighted by Gasteiger charge is 2.02. The first-order valence-corrected chi connectivity index (χ1v) is 5.36. The first kappa shape index (κ1) is 15.1. The van der Waals surface area contributed by atoms with Gasteiger partial charge in [0.05, 0.1) is 13.2 Å². The molecule has 0 bridgehead atoms. The molecular weight excluding hydrogens is 230 g/mol. The lowest BCUT2D eigenvalue weighted by molar-refractivity contribution is -0.122. The van der Waals surface area contributed by atoms with Gasteiger partial charge in [-0.3, -0.25) is 4.79 Å². The van der Waals surface area contributed by atoms with Crippen molar-refractivity contribution in [2.45, 2.75) is 13.0 Å². The van der Waals surface area contributed by atoms with Crippen molar-refractivity contribution in [3.8, 4) is 0 Å². The third-order valence-electron chi connectivity index (χ3n) is 1.57. The molecule has 0 aromatic heterocycles. The minimum atomic E-state index is -0.477. The van der Waals surface area contributed by atoms with Crippen LogP contribution in [0.1, 0.15) is 6.92 Å². The lowest BCUT2D eigenvalue weighted by atomic mass is 10.4. The fourth-order valence-electron chi connectivity index (χ4n) is 0.976. The molecule has 1 amide bonds. The van der Waals surface area contributed by atoms with Gasteiger partial charge in [-0.1, -0.05) is 0 Å². The van der Waals surface area contributed by atoms with Crippen LogP contribution in [-0.4, -0.2) is 50.5 Å². The summed E-state index contributed by atoms with van der Waals surface area (Å²) in [6.45, 7) is 3.38. The van der Waals surface area contributed by atoms with Crippen LogP contribution in [0, 0.1) is 0 Å². The number of nitrogens with two attached hydrogens (primary N) is 1. The average molecular weight is 249 g/mol. The Morgan fingerprint density at radius 2 is 2.25 bits per heavy atom. The second-order valence-electron chi connectivity index (χ2n) is 3.28. The number of methoxy groups -OCH3 is 1. The van der Waals surface area contributed by atoms with E-state index >= 15 is 0 Å². The van der Waals surface area contributed by atoms with E-state index in [-0.39, 0.29) is 12.6 Å². The first-order chi connectivity index (χ1) is 7.56. The fourth-order valence-corrected chi connectivity index (χ4v) is 1.28. The highest BCUT2D eigenvalue weighted by atomic mass is 32.1. The quantitative estimate of drug-likeness (QED) is 0.377. The third-order valence-corrected chi connectivity index (χ3v) is 1.83. The molecule has 1 unspecified atom stereocenters. The van der Waals surface area contributed by atoms with Gasteiger partial charge in [0, 0.05) is 19.7 Å². The first-order valence-electron chi connectivity index (χ1n) is 4.95. The van der Waals surface area contributed by atoms with Gasteiger partial charge in [0.25, 0.3) is 0 Å². The predicted molar refractivity (Wildman–Crippen MR) is 65.1 cm³/mol. The Balaban J connectivity index is 3.40. The molecule has 1 atom stereocenters. The number of ether oxygens (including phenoxy) is 2. The largest absolute Gasteiger partial charge is 0.383 e. The lowest BCUT2D eigenvalue weighted by Crippen LogP contribution is -2.43. The Kier molecular flexibility index (Phi) is 8.78. The zero-order valence-electron chi connectivity index (χ0n) is 9.62.